The third kappa shape index (κ3) is 8.11. The summed E-state index contributed by atoms with van der Waals surface area (Å²) in [4.78, 5) is 27.8. The number of hydrogen-bond acceptors (Lipinski definition) is 4. The lowest BCUT2D eigenvalue weighted by atomic mass is 10.0. The molecule has 0 saturated carbocycles. The standard InChI is InChI=1S/C26H35Cl2N3O4S/c1-17(2)14-29-26(33)19(5)30(15-22-23(27)8-7-9-24(22)28)25(32)16-31(36(6,34)35)21-12-10-20(11-13-21)18(3)4/h7-13,17-19H,14-16H2,1-6H3,(H,29,33)/t19-/m1/s1. The number of rotatable bonds is 11. The van der Waals surface area contributed by atoms with Crippen LogP contribution in [0.1, 0.15) is 51.7 Å². The Morgan fingerprint density at radius 3 is 1.97 bits per heavy atom. The van der Waals surface area contributed by atoms with Gasteiger partial charge in [-0.05, 0) is 48.6 Å². The molecule has 0 fully saturated rings. The van der Waals surface area contributed by atoms with Crippen LogP contribution in [0.15, 0.2) is 42.5 Å². The molecule has 0 aliphatic carbocycles. The van der Waals surface area contributed by atoms with Gasteiger partial charge in [-0.2, -0.15) is 0 Å². The molecule has 198 valence electrons. The van der Waals surface area contributed by atoms with Crippen LogP contribution in [0.5, 0.6) is 0 Å². The summed E-state index contributed by atoms with van der Waals surface area (Å²) in [5.74, 6) is -0.421. The number of sulfonamides is 1. The van der Waals surface area contributed by atoms with Crippen molar-refractivity contribution in [2.24, 2.45) is 5.92 Å². The minimum absolute atomic E-state index is 0.0580. The number of carbonyl (C=O) groups is 2. The van der Waals surface area contributed by atoms with Crippen molar-refractivity contribution in [1.82, 2.24) is 10.2 Å². The summed E-state index contributed by atoms with van der Waals surface area (Å²) in [7, 11) is -3.80. The van der Waals surface area contributed by atoms with Gasteiger partial charge in [-0.15, -0.1) is 0 Å². The molecule has 0 spiro atoms. The van der Waals surface area contributed by atoms with Crippen LogP contribution in [0, 0.1) is 5.92 Å². The Hall–Kier alpha value is -2.29. The molecule has 1 atom stereocenters. The van der Waals surface area contributed by atoms with Crippen LogP contribution in [0.3, 0.4) is 0 Å². The quantitative estimate of drug-likeness (QED) is 0.419. The predicted molar refractivity (Wildman–Crippen MR) is 147 cm³/mol. The molecule has 0 bridgehead atoms. The fourth-order valence-electron chi connectivity index (χ4n) is 3.53. The van der Waals surface area contributed by atoms with Gasteiger partial charge >= 0.3 is 0 Å². The molecular formula is C26H35Cl2N3O4S. The van der Waals surface area contributed by atoms with Crippen LogP contribution < -0.4 is 9.62 Å². The van der Waals surface area contributed by atoms with Gasteiger partial charge in [-0.3, -0.25) is 13.9 Å². The second-order valence-corrected chi connectivity index (χ2v) is 12.3. The molecule has 2 aromatic carbocycles. The highest BCUT2D eigenvalue weighted by atomic mass is 35.5. The van der Waals surface area contributed by atoms with E-state index in [-0.39, 0.29) is 24.3 Å². The van der Waals surface area contributed by atoms with Gasteiger partial charge in [0.2, 0.25) is 21.8 Å². The van der Waals surface area contributed by atoms with E-state index in [0.717, 1.165) is 16.1 Å². The SMILES string of the molecule is CC(C)CNC(=O)[C@@H](C)N(Cc1c(Cl)cccc1Cl)C(=O)CN(c1ccc(C(C)C)cc1)S(C)(=O)=O. The van der Waals surface area contributed by atoms with Crippen LogP contribution in [0.4, 0.5) is 5.69 Å². The first-order chi connectivity index (χ1) is 16.7. The second-order valence-electron chi connectivity index (χ2n) is 9.55. The number of nitrogens with zero attached hydrogens (tertiary/aromatic N) is 2. The molecule has 1 N–H and O–H groups in total. The van der Waals surface area contributed by atoms with Gasteiger partial charge in [-0.1, -0.05) is 69.1 Å². The van der Waals surface area contributed by atoms with Gasteiger partial charge in [0.05, 0.1) is 11.9 Å². The maximum absolute atomic E-state index is 13.6. The van der Waals surface area contributed by atoms with Crippen molar-refractivity contribution >= 4 is 50.7 Å². The summed E-state index contributed by atoms with van der Waals surface area (Å²) in [5.41, 5.74) is 1.89. The van der Waals surface area contributed by atoms with E-state index < -0.39 is 28.5 Å². The third-order valence-electron chi connectivity index (χ3n) is 5.77. The summed E-state index contributed by atoms with van der Waals surface area (Å²) in [6.45, 7) is 9.50. The zero-order valence-electron chi connectivity index (χ0n) is 21.6. The minimum atomic E-state index is -3.80. The number of benzene rings is 2. The van der Waals surface area contributed by atoms with Crippen molar-refractivity contribution in [3.05, 3.63) is 63.6 Å². The highest BCUT2D eigenvalue weighted by Gasteiger charge is 2.31. The Balaban J connectivity index is 2.42. The lowest BCUT2D eigenvalue weighted by Gasteiger charge is -2.32. The van der Waals surface area contributed by atoms with E-state index in [1.54, 1.807) is 37.3 Å². The number of carbonyl (C=O) groups excluding carboxylic acids is 2. The largest absolute Gasteiger partial charge is 0.354 e. The van der Waals surface area contributed by atoms with Gasteiger partial charge in [-0.25, -0.2) is 8.42 Å². The van der Waals surface area contributed by atoms with E-state index in [9.17, 15) is 18.0 Å². The highest BCUT2D eigenvalue weighted by molar-refractivity contribution is 7.92. The van der Waals surface area contributed by atoms with E-state index in [2.05, 4.69) is 5.32 Å². The van der Waals surface area contributed by atoms with E-state index >= 15 is 0 Å². The first kappa shape index (κ1) is 29.9. The molecule has 0 aliphatic rings. The van der Waals surface area contributed by atoms with Crippen molar-refractivity contribution in [3.8, 4) is 0 Å². The molecule has 0 radical (unpaired) electrons. The maximum Gasteiger partial charge on any atom is 0.244 e. The molecule has 2 aromatic rings. The fourth-order valence-corrected chi connectivity index (χ4v) is 4.89. The zero-order chi connectivity index (χ0) is 27.2. The third-order valence-corrected chi connectivity index (χ3v) is 7.62. The van der Waals surface area contributed by atoms with Crippen LogP contribution in [0.2, 0.25) is 10.0 Å². The van der Waals surface area contributed by atoms with E-state index in [1.807, 2.05) is 39.8 Å². The molecule has 7 nitrogen and oxygen atoms in total. The first-order valence-electron chi connectivity index (χ1n) is 11.8. The molecule has 36 heavy (non-hydrogen) atoms. The average Bonchev–Trinajstić information content (AvgIpc) is 2.79. The molecule has 2 rings (SSSR count). The summed E-state index contributed by atoms with van der Waals surface area (Å²) < 4.78 is 26.4. The summed E-state index contributed by atoms with van der Waals surface area (Å²) in [5, 5.41) is 3.53. The van der Waals surface area contributed by atoms with Crippen LogP contribution in [-0.4, -0.2) is 50.5 Å². The molecule has 0 heterocycles. The lowest BCUT2D eigenvalue weighted by Crippen LogP contribution is -2.51. The Morgan fingerprint density at radius 2 is 1.50 bits per heavy atom. The number of halogens is 2. The molecule has 0 aromatic heterocycles. The van der Waals surface area contributed by atoms with Crippen LogP contribution in [-0.2, 0) is 26.2 Å². The normalized spacial score (nSPS) is 12.5. The lowest BCUT2D eigenvalue weighted by molar-refractivity contribution is -0.139. The van der Waals surface area contributed by atoms with Crippen molar-refractivity contribution in [2.75, 3.05) is 23.7 Å². The smallest absolute Gasteiger partial charge is 0.244 e. The molecule has 2 amide bonds. The van der Waals surface area contributed by atoms with Gasteiger partial charge in [0.25, 0.3) is 0 Å². The number of anilines is 1. The van der Waals surface area contributed by atoms with Crippen molar-refractivity contribution in [3.63, 3.8) is 0 Å². The molecule has 0 saturated heterocycles. The fraction of sp³-hybridized carbons (Fsp3) is 0.462. The second kappa shape index (κ2) is 12.8. The molecular weight excluding hydrogens is 521 g/mol. The van der Waals surface area contributed by atoms with E-state index in [0.29, 0.717) is 27.8 Å². The van der Waals surface area contributed by atoms with Gasteiger partial charge < -0.3 is 10.2 Å². The van der Waals surface area contributed by atoms with Crippen molar-refractivity contribution in [2.45, 2.75) is 53.1 Å². The average molecular weight is 557 g/mol. The van der Waals surface area contributed by atoms with Gasteiger partial charge in [0.1, 0.15) is 12.6 Å². The number of hydrogen-bond donors (Lipinski definition) is 1. The van der Waals surface area contributed by atoms with Crippen molar-refractivity contribution < 1.29 is 18.0 Å². The molecule has 0 aliphatic heterocycles. The highest BCUT2D eigenvalue weighted by Crippen LogP contribution is 2.27. The van der Waals surface area contributed by atoms with Crippen LogP contribution >= 0.6 is 23.2 Å². The Kier molecular flexibility index (Phi) is 10.6. The summed E-state index contributed by atoms with van der Waals surface area (Å²) in [6, 6.07) is 11.1. The molecule has 0 unspecified atom stereocenters. The maximum atomic E-state index is 13.6. The van der Waals surface area contributed by atoms with E-state index in [1.165, 1.54) is 4.90 Å². The summed E-state index contributed by atoms with van der Waals surface area (Å²) in [6.07, 6.45) is 1.05. The van der Waals surface area contributed by atoms with Gasteiger partial charge in [0.15, 0.2) is 0 Å². The molecule has 10 heteroatoms. The number of nitrogens with one attached hydrogen (secondary N) is 1. The van der Waals surface area contributed by atoms with Gasteiger partial charge in [0, 0.05) is 28.7 Å². The number of amides is 2. The monoisotopic (exact) mass is 555 g/mol. The summed E-state index contributed by atoms with van der Waals surface area (Å²) >= 11 is 12.7. The zero-order valence-corrected chi connectivity index (χ0v) is 23.9. The van der Waals surface area contributed by atoms with Crippen LogP contribution in [0.25, 0.3) is 0 Å². The minimum Gasteiger partial charge on any atom is -0.354 e. The Bertz CT molecular complexity index is 1150. The first-order valence-corrected chi connectivity index (χ1v) is 14.4. The van der Waals surface area contributed by atoms with E-state index in [4.69, 9.17) is 23.2 Å². The topological polar surface area (TPSA) is 86.8 Å². The van der Waals surface area contributed by atoms with Crippen molar-refractivity contribution in [1.29, 1.82) is 0 Å². The predicted octanol–water partition coefficient (Wildman–Crippen LogP) is 5.07. The Morgan fingerprint density at radius 1 is 0.944 bits per heavy atom. The Labute approximate surface area is 224 Å².